The Bertz CT molecular complexity index is 511. The van der Waals surface area contributed by atoms with E-state index in [1.54, 1.807) is 24.3 Å². The lowest BCUT2D eigenvalue weighted by atomic mass is 10.2. The van der Waals surface area contributed by atoms with E-state index in [4.69, 9.17) is 10.00 Å². The highest BCUT2D eigenvalue weighted by Crippen LogP contribution is 2.22. The average molecular weight is 227 g/mol. The number of nitrogens with zero attached hydrogens (tertiary/aromatic N) is 1. The van der Waals surface area contributed by atoms with E-state index in [9.17, 15) is 0 Å². The molecule has 2 aromatic rings. The lowest BCUT2D eigenvalue weighted by molar-refractivity contribution is 0.482. The van der Waals surface area contributed by atoms with Crippen LogP contribution in [0.5, 0.6) is 11.5 Å². The van der Waals surface area contributed by atoms with Gasteiger partial charge in [0.2, 0.25) is 0 Å². The first kappa shape index (κ1) is 10.6. The van der Waals surface area contributed by atoms with Crippen molar-refractivity contribution in [3.63, 3.8) is 0 Å². The minimum atomic E-state index is 0.623. The van der Waals surface area contributed by atoms with Crippen LogP contribution in [-0.4, -0.2) is 0 Å². The number of benzene rings is 2. The van der Waals surface area contributed by atoms with Crippen LogP contribution in [0.2, 0.25) is 0 Å². The molecule has 3 heteroatoms. The molecule has 16 heavy (non-hydrogen) atoms. The minimum Gasteiger partial charge on any atom is -0.457 e. The van der Waals surface area contributed by atoms with Crippen molar-refractivity contribution in [3.05, 3.63) is 54.1 Å². The van der Waals surface area contributed by atoms with Gasteiger partial charge in [0.25, 0.3) is 0 Å². The molecule has 0 N–H and O–H groups in total. The van der Waals surface area contributed by atoms with E-state index >= 15 is 0 Å². The normalized spacial score (nSPS) is 9.50. The smallest absolute Gasteiger partial charge is 0.127 e. The Balaban J connectivity index is 2.15. The largest absolute Gasteiger partial charge is 0.457 e. The first-order chi connectivity index (χ1) is 7.78. The Hall–Kier alpha value is -1.92. The van der Waals surface area contributed by atoms with Crippen molar-refractivity contribution in [2.75, 3.05) is 0 Å². The monoisotopic (exact) mass is 227 g/mol. The van der Waals surface area contributed by atoms with E-state index in [1.165, 1.54) is 0 Å². The highest BCUT2D eigenvalue weighted by Gasteiger charge is 1.97. The zero-order valence-electron chi connectivity index (χ0n) is 8.42. The van der Waals surface area contributed by atoms with Crippen LogP contribution in [0.1, 0.15) is 5.56 Å². The molecule has 0 aliphatic rings. The third kappa shape index (κ3) is 2.56. The summed E-state index contributed by atoms with van der Waals surface area (Å²) in [6, 6.07) is 16.5. The SMILES string of the molecule is N#Cc1ccc(Oc2ccc(S)cc2)cc1. The van der Waals surface area contributed by atoms with Gasteiger partial charge in [-0.1, -0.05) is 0 Å². The number of ether oxygens (including phenoxy) is 1. The summed E-state index contributed by atoms with van der Waals surface area (Å²) in [7, 11) is 0. The number of nitriles is 1. The molecular formula is C13H9NOS. The molecule has 0 aromatic heterocycles. The molecule has 0 spiro atoms. The van der Waals surface area contributed by atoms with E-state index in [2.05, 4.69) is 18.7 Å². The molecule has 0 fully saturated rings. The maximum absolute atomic E-state index is 8.65. The van der Waals surface area contributed by atoms with Crippen LogP contribution in [0, 0.1) is 11.3 Å². The van der Waals surface area contributed by atoms with Crippen LogP contribution in [0.3, 0.4) is 0 Å². The Morgan fingerprint density at radius 2 is 1.38 bits per heavy atom. The van der Waals surface area contributed by atoms with Crippen molar-refractivity contribution < 1.29 is 4.74 Å². The molecule has 2 nitrogen and oxygen atoms in total. The van der Waals surface area contributed by atoms with Gasteiger partial charge in [0.1, 0.15) is 11.5 Å². The van der Waals surface area contributed by atoms with E-state index in [-0.39, 0.29) is 0 Å². The average Bonchev–Trinajstić information content (AvgIpc) is 2.33. The summed E-state index contributed by atoms with van der Waals surface area (Å²) in [5, 5.41) is 8.65. The van der Waals surface area contributed by atoms with E-state index in [0.717, 1.165) is 10.6 Å². The maximum atomic E-state index is 8.65. The molecule has 0 atom stereocenters. The Labute approximate surface area is 99.5 Å². The summed E-state index contributed by atoms with van der Waals surface area (Å²) >= 11 is 4.19. The predicted molar refractivity (Wildman–Crippen MR) is 64.9 cm³/mol. The molecule has 0 radical (unpaired) electrons. The number of thiol groups is 1. The van der Waals surface area contributed by atoms with Gasteiger partial charge in [-0.05, 0) is 48.5 Å². The third-order valence-corrected chi connectivity index (χ3v) is 2.35. The van der Waals surface area contributed by atoms with Crippen LogP contribution in [0.15, 0.2) is 53.4 Å². The fraction of sp³-hybridized carbons (Fsp3) is 0. The Morgan fingerprint density at radius 1 is 0.875 bits per heavy atom. The molecule has 2 aromatic carbocycles. The molecule has 0 bridgehead atoms. The van der Waals surface area contributed by atoms with Gasteiger partial charge in [0, 0.05) is 4.90 Å². The summed E-state index contributed by atoms with van der Waals surface area (Å²) in [6.07, 6.45) is 0. The quantitative estimate of drug-likeness (QED) is 0.794. The second-order valence-electron chi connectivity index (χ2n) is 3.23. The van der Waals surface area contributed by atoms with Crippen molar-refractivity contribution in [2.24, 2.45) is 0 Å². The van der Waals surface area contributed by atoms with E-state index in [0.29, 0.717) is 11.3 Å². The van der Waals surface area contributed by atoms with Gasteiger partial charge in [0.15, 0.2) is 0 Å². The zero-order chi connectivity index (χ0) is 11.4. The van der Waals surface area contributed by atoms with Gasteiger partial charge in [-0.15, -0.1) is 12.6 Å². The van der Waals surface area contributed by atoms with Crippen LogP contribution < -0.4 is 4.74 Å². The maximum Gasteiger partial charge on any atom is 0.127 e. The van der Waals surface area contributed by atoms with Crippen LogP contribution >= 0.6 is 12.6 Å². The van der Waals surface area contributed by atoms with Crippen molar-refractivity contribution in [3.8, 4) is 17.6 Å². The first-order valence-corrected chi connectivity index (χ1v) is 5.20. The van der Waals surface area contributed by atoms with Gasteiger partial charge < -0.3 is 4.74 Å². The van der Waals surface area contributed by atoms with Crippen molar-refractivity contribution in [1.29, 1.82) is 5.26 Å². The van der Waals surface area contributed by atoms with Gasteiger partial charge in [-0.3, -0.25) is 0 Å². The summed E-state index contributed by atoms with van der Waals surface area (Å²) in [5.74, 6) is 1.47. The van der Waals surface area contributed by atoms with Gasteiger partial charge in [-0.2, -0.15) is 5.26 Å². The second-order valence-corrected chi connectivity index (χ2v) is 3.75. The summed E-state index contributed by atoms with van der Waals surface area (Å²) in [5.41, 5.74) is 0.623. The molecule has 0 heterocycles. The summed E-state index contributed by atoms with van der Waals surface area (Å²) < 4.78 is 5.59. The lowest BCUT2D eigenvalue weighted by Crippen LogP contribution is -1.83. The van der Waals surface area contributed by atoms with E-state index in [1.807, 2.05) is 24.3 Å². The second kappa shape index (κ2) is 4.73. The molecule has 0 aliphatic heterocycles. The third-order valence-electron chi connectivity index (χ3n) is 2.06. The number of rotatable bonds is 2. The van der Waals surface area contributed by atoms with Crippen molar-refractivity contribution in [1.82, 2.24) is 0 Å². The van der Waals surface area contributed by atoms with E-state index < -0.39 is 0 Å². The summed E-state index contributed by atoms with van der Waals surface area (Å²) in [6.45, 7) is 0. The Morgan fingerprint density at radius 3 is 1.88 bits per heavy atom. The molecule has 0 saturated carbocycles. The van der Waals surface area contributed by atoms with Crippen LogP contribution in [0.4, 0.5) is 0 Å². The molecule has 0 aliphatic carbocycles. The van der Waals surface area contributed by atoms with Gasteiger partial charge in [0.05, 0.1) is 11.6 Å². The molecular weight excluding hydrogens is 218 g/mol. The molecule has 78 valence electrons. The highest BCUT2D eigenvalue weighted by molar-refractivity contribution is 7.80. The molecule has 0 amide bonds. The highest BCUT2D eigenvalue weighted by atomic mass is 32.1. The number of hydrogen-bond acceptors (Lipinski definition) is 3. The molecule has 0 unspecified atom stereocenters. The fourth-order valence-electron chi connectivity index (χ4n) is 1.25. The minimum absolute atomic E-state index is 0.623. The first-order valence-electron chi connectivity index (χ1n) is 4.75. The topological polar surface area (TPSA) is 33.0 Å². The van der Waals surface area contributed by atoms with Crippen molar-refractivity contribution in [2.45, 2.75) is 4.90 Å². The molecule has 2 rings (SSSR count). The van der Waals surface area contributed by atoms with Crippen molar-refractivity contribution >= 4 is 12.6 Å². The predicted octanol–water partition coefficient (Wildman–Crippen LogP) is 3.64. The van der Waals surface area contributed by atoms with Crippen LogP contribution in [-0.2, 0) is 0 Å². The standard InChI is InChI=1S/C13H9NOS/c14-9-10-1-3-11(4-2-10)15-12-5-7-13(16)8-6-12/h1-8,16H. The van der Waals surface area contributed by atoms with Gasteiger partial charge in [-0.25, -0.2) is 0 Å². The molecule has 0 saturated heterocycles. The zero-order valence-corrected chi connectivity index (χ0v) is 9.32. The van der Waals surface area contributed by atoms with Gasteiger partial charge >= 0.3 is 0 Å². The number of hydrogen-bond donors (Lipinski definition) is 1. The lowest BCUT2D eigenvalue weighted by Gasteiger charge is -2.05. The fourth-order valence-corrected chi connectivity index (χ4v) is 1.40. The summed E-state index contributed by atoms with van der Waals surface area (Å²) in [4.78, 5) is 0.896. The van der Waals surface area contributed by atoms with Crippen LogP contribution in [0.25, 0.3) is 0 Å². The Kier molecular flexibility index (Phi) is 3.13.